The number of nitrogens with one attached hydrogen (secondary N) is 1. The molecule has 0 aromatic heterocycles. The summed E-state index contributed by atoms with van der Waals surface area (Å²) in [6, 6.07) is 0.0942. The third-order valence-corrected chi connectivity index (χ3v) is 5.94. The number of carbonyl (C=O) groups excluding carboxylic acids is 1. The van der Waals surface area contributed by atoms with E-state index < -0.39 is 5.69 Å². The fourth-order valence-corrected chi connectivity index (χ4v) is 5.03. The molecule has 0 aromatic carbocycles. The van der Waals surface area contributed by atoms with E-state index in [9.17, 15) is 4.79 Å². The largest absolute Gasteiger partial charge is 0.344 e. The Labute approximate surface area is 100 Å². The molecule has 15 heavy (non-hydrogen) atoms. The van der Waals surface area contributed by atoms with Crippen LogP contribution in [0, 0.1) is 0 Å². The molecule has 0 unspecified atom stereocenters. The first-order chi connectivity index (χ1) is 6.93. The van der Waals surface area contributed by atoms with Crippen molar-refractivity contribution in [2.75, 3.05) is 13.2 Å². The first kappa shape index (κ1) is 15.4. The smallest absolute Gasteiger partial charge is 0.288 e. The summed E-state index contributed by atoms with van der Waals surface area (Å²) in [6.07, 6.45) is 0. The number of amides is 1. The fourth-order valence-electron chi connectivity index (χ4n) is 0.770. The lowest BCUT2D eigenvalue weighted by molar-refractivity contribution is 0.258. The molecular weight excluding hydrogens is 253 g/mol. The molecule has 0 bridgehead atoms. The third-order valence-electron chi connectivity index (χ3n) is 1.18. The zero-order valence-electron chi connectivity index (χ0n) is 9.48. The van der Waals surface area contributed by atoms with Crippen LogP contribution in [-0.2, 0) is 20.9 Å². The summed E-state index contributed by atoms with van der Waals surface area (Å²) in [5.41, 5.74) is -2.49. The second-order valence-corrected chi connectivity index (χ2v) is 9.05. The highest BCUT2D eigenvalue weighted by Gasteiger charge is 2.23. The van der Waals surface area contributed by atoms with Gasteiger partial charge in [-0.25, -0.2) is 0 Å². The van der Waals surface area contributed by atoms with Crippen molar-refractivity contribution in [1.29, 1.82) is 0 Å². The van der Waals surface area contributed by atoms with Gasteiger partial charge in [0.25, 0.3) is 10.9 Å². The van der Waals surface area contributed by atoms with Gasteiger partial charge in [-0.15, -0.1) is 0 Å². The van der Waals surface area contributed by atoms with Crippen LogP contribution in [0.25, 0.3) is 0 Å². The van der Waals surface area contributed by atoms with Crippen molar-refractivity contribution in [2.45, 2.75) is 33.7 Å². The maximum absolute atomic E-state index is 11.5. The number of hydrogen-bond donors (Lipinski definition) is 1. The molecule has 0 rings (SSSR count). The second-order valence-electron chi connectivity index (χ2n) is 2.96. The molecular formula is C8H18NO3PS2. The normalized spacial score (nSPS) is 11.8. The van der Waals surface area contributed by atoms with Gasteiger partial charge in [0.2, 0.25) is 0 Å². The average molecular weight is 271 g/mol. The van der Waals surface area contributed by atoms with Gasteiger partial charge in [0.05, 0.1) is 13.2 Å². The minimum absolute atomic E-state index is 0.0942. The summed E-state index contributed by atoms with van der Waals surface area (Å²) in [5, 5.41) is 2.56. The lowest BCUT2D eigenvalue weighted by Gasteiger charge is -2.19. The first-order valence-electron chi connectivity index (χ1n) is 4.82. The van der Waals surface area contributed by atoms with Gasteiger partial charge in [0.15, 0.2) is 0 Å². The van der Waals surface area contributed by atoms with Gasteiger partial charge >= 0.3 is 0 Å². The molecule has 7 heteroatoms. The van der Waals surface area contributed by atoms with Crippen molar-refractivity contribution >= 4 is 34.1 Å². The summed E-state index contributed by atoms with van der Waals surface area (Å²) in [7, 11) is 0. The predicted octanol–water partition coefficient (Wildman–Crippen LogP) is 3.14. The van der Waals surface area contributed by atoms with Crippen molar-refractivity contribution < 1.29 is 13.8 Å². The predicted molar refractivity (Wildman–Crippen MR) is 68.8 cm³/mol. The van der Waals surface area contributed by atoms with E-state index in [-0.39, 0.29) is 11.3 Å². The van der Waals surface area contributed by atoms with Gasteiger partial charge in [-0.3, -0.25) is 4.79 Å². The number of rotatable bonds is 6. The van der Waals surface area contributed by atoms with Crippen molar-refractivity contribution in [1.82, 2.24) is 5.32 Å². The Bertz CT molecular complexity index is 238. The lowest BCUT2D eigenvalue weighted by atomic mass is 10.4. The molecule has 0 aliphatic heterocycles. The minimum atomic E-state index is -2.49. The van der Waals surface area contributed by atoms with Gasteiger partial charge in [0.1, 0.15) is 0 Å². The van der Waals surface area contributed by atoms with Crippen LogP contribution in [0.5, 0.6) is 0 Å². The quantitative estimate of drug-likeness (QED) is 0.752. The molecule has 0 fully saturated rings. The van der Waals surface area contributed by atoms with Crippen LogP contribution in [-0.4, -0.2) is 24.5 Å². The Morgan fingerprint density at radius 3 is 2.20 bits per heavy atom. The molecule has 0 saturated heterocycles. The van der Waals surface area contributed by atoms with Crippen LogP contribution in [0.2, 0.25) is 0 Å². The van der Waals surface area contributed by atoms with Gasteiger partial charge in [-0.2, -0.15) is 0 Å². The monoisotopic (exact) mass is 271 g/mol. The Hall–Kier alpha value is 0.390. The van der Waals surface area contributed by atoms with Crippen LogP contribution < -0.4 is 5.32 Å². The van der Waals surface area contributed by atoms with Crippen LogP contribution in [0.4, 0.5) is 4.79 Å². The van der Waals surface area contributed by atoms with E-state index >= 15 is 0 Å². The van der Waals surface area contributed by atoms with Crippen LogP contribution in [0.3, 0.4) is 0 Å². The van der Waals surface area contributed by atoms with Gasteiger partial charge < -0.3 is 14.4 Å². The van der Waals surface area contributed by atoms with Crippen LogP contribution in [0.15, 0.2) is 0 Å². The molecule has 0 aliphatic rings. The molecule has 1 N–H and O–H groups in total. The van der Waals surface area contributed by atoms with Crippen LogP contribution in [0.1, 0.15) is 27.7 Å². The van der Waals surface area contributed by atoms with E-state index in [1.54, 1.807) is 0 Å². The topological polar surface area (TPSA) is 47.6 Å². The zero-order valence-corrected chi connectivity index (χ0v) is 12.0. The van der Waals surface area contributed by atoms with E-state index in [0.29, 0.717) is 13.2 Å². The van der Waals surface area contributed by atoms with Gasteiger partial charge in [-0.05, 0) is 39.5 Å². The van der Waals surface area contributed by atoms with Gasteiger partial charge in [0, 0.05) is 17.4 Å². The molecule has 1 amide bonds. The van der Waals surface area contributed by atoms with Crippen molar-refractivity contribution in [3.63, 3.8) is 0 Å². The van der Waals surface area contributed by atoms with Crippen molar-refractivity contribution in [3.8, 4) is 0 Å². The summed E-state index contributed by atoms with van der Waals surface area (Å²) in [5.74, 6) is 0. The van der Waals surface area contributed by atoms with E-state index in [2.05, 4.69) is 5.32 Å². The highest BCUT2D eigenvalue weighted by molar-refractivity contribution is 8.73. The molecule has 90 valence electrons. The van der Waals surface area contributed by atoms with E-state index in [4.69, 9.17) is 20.9 Å². The molecule has 0 aromatic rings. The number of carbonyl (C=O) groups is 1. The first-order valence-corrected chi connectivity index (χ1v) is 8.88. The summed E-state index contributed by atoms with van der Waals surface area (Å²) < 4.78 is 10.7. The van der Waals surface area contributed by atoms with Crippen LogP contribution >= 0.6 is 17.1 Å². The second kappa shape index (κ2) is 7.63. The summed E-state index contributed by atoms with van der Waals surface area (Å²) in [6.45, 7) is 8.37. The van der Waals surface area contributed by atoms with E-state index in [0.717, 1.165) is 11.4 Å². The maximum atomic E-state index is 11.5. The Morgan fingerprint density at radius 1 is 1.40 bits per heavy atom. The average Bonchev–Trinajstić information content (AvgIpc) is 2.01. The summed E-state index contributed by atoms with van der Waals surface area (Å²) in [4.78, 5) is 11.5. The molecule has 0 heterocycles. The van der Waals surface area contributed by atoms with E-state index in [1.165, 1.54) is 0 Å². The summed E-state index contributed by atoms with van der Waals surface area (Å²) >= 11 is 6.15. The lowest BCUT2D eigenvalue weighted by Crippen LogP contribution is -2.26. The standard InChI is InChI=1S/C8H18NO3PS2/c1-5-11-13(14,12-6-2)15-8(10)9-7(3)4/h7H,5-6H2,1-4H3,(H,9,10). The van der Waals surface area contributed by atoms with Crippen molar-refractivity contribution in [2.24, 2.45) is 0 Å². The Balaban J connectivity index is 4.27. The Morgan fingerprint density at radius 2 is 1.87 bits per heavy atom. The Kier molecular flexibility index (Phi) is 7.83. The maximum Gasteiger partial charge on any atom is 0.288 e. The third kappa shape index (κ3) is 7.30. The van der Waals surface area contributed by atoms with Crippen molar-refractivity contribution in [3.05, 3.63) is 0 Å². The molecule has 4 nitrogen and oxygen atoms in total. The SMILES string of the molecule is CCOP(=S)(OCC)SC(=O)NC(C)C. The minimum Gasteiger partial charge on any atom is -0.344 e. The zero-order chi connectivity index (χ0) is 11.9. The van der Waals surface area contributed by atoms with Gasteiger partial charge in [-0.1, -0.05) is 0 Å². The molecule has 0 atom stereocenters. The highest BCUT2D eigenvalue weighted by atomic mass is 32.9. The molecule has 0 saturated carbocycles. The fraction of sp³-hybridized carbons (Fsp3) is 0.875. The number of hydrogen-bond acceptors (Lipinski definition) is 5. The molecule has 0 aliphatic carbocycles. The van der Waals surface area contributed by atoms with E-state index in [1.807, 2.05) is 27.7 Å². The molecule has 0 spiro atoms. The highest BCUT2D eigenvalue weighted by Crippen LogP contribution is 2.61. The molecule has 0 radical (unpaired) electrons.